The number of hydrogen-bond acceptors (Lipinski definition) is 5. The van der Waals surface area contributed by atoms with Crippen molar-refractivity contribution in [1.82, 2.24) is 0 Å². The molecule has 2 heterocycles. The first-order valence-electron chi connectivity index (χ1n) is 7.04. The Balaban J connectivity index is 0.000000159. The highest BCUT2D eigenvalue weighted by atomic mass is 16.6. The highest BCUT2D eigenvalue weighted by Gasteiger charge is 2.26. The molecule has 21 heavy (non-hydrogen) atoms. The molecule has 0 bridgehead atoms. The fourth-order valence-corrected chi connectivity index (χ4v) is 1.86. The molecule has 2 atom stereocenters. The second-order valence-electron chi connectivity index (χ2n) is 4.96. The van der Waals surface area contributed by atoms with Crippen molar-refractivity contribution in [3.05, 3.63) is 41.5 Å². The molecule has 2 aliphatic rings. The van der Waals surface area contributed by atoms with E-state index in [1.165, 1.54) is 0 Å². The Morgan fingerprint density at radius 1 is 1.10 bits per heavy atom. The van der Waals surface area contributed by atoms with Crippen molar-refractivity contribution in [3.63, 3.8) is 0 Å². The van der Waals surface area contributed by atoms with Crippen LogP contribution >= 0.6 is 0 Å². The van der Waals surface area contributed by atoms with Crippen LogP contribution < -0.4 is 0 Å². The van der Waals surface area contributed by atoms with Gasteiger partial charge in [-0.05, 0) is 16.7 Å². The van der Waals surface area contributed by atoms with Crippen LogP contribution in [0.25, 0.3) is 6.08 Å². The summed E-state index contributed by atoms with van der Waals surface area (Å²) in [4.78, 5) is 0. The third kappa shape index (κ3) is 5.57. The number of benzene rings is 1. The van der Waals surface area contributed by atoms with Crippen LogP contribution in [0.1, 0.15) is 16.7 Å². The fourth-order valence-electron chi connectivity index (χ4n) is 1.86. The second kappa shape index (κ2) is 8.26. The molecule has 1 aromatic carbocycles. The Labute approximate surface area is 124 Å². The van der Waals surface area contributed by atoms with E-state index >= 15 is 0 Å². The molecule has 0 saturated carbocycles. The molecule has 2 N–H and O–H groups in total. The SMILES string of the molecule is C(OCC1CO1)C1CO1.C=Cc1c(CO)cccc1CO. The summed E-state index contributed by atoms with van der Waals surface area (Å²) in [6.45, 7) is 6.85. The molecular formula is C16H22O5. The summed E-state index contributed by atoms with van der Waals surface area (Å²) in [7, 11) is 0. The predicted octanol–water partition coefficient (Wildman–Crippen LogP) is 1.11. The number of hydrogen-bond donors (Lipinski definition) is 2. The zero-order valence-electron chi connectivity index (χ0n) is 12.0. The van der Waals surface area contributed by atoms with Crippen LogP contribution in [0.5, 0.6) is 0 Å². The van der Waals surface area contributed by atoms with E-state index in [1.807, 2.05) is 18.2 Å². The summed E-state index contributed by atoms with van der Waals surface area (Å²) in [5.41, 5.74) is 2.44. The minimum absolute atomic E-state index is 0.0187. The summed E-state index contributed by atoms with van der Waals surface area (Å²) in [5.74, 6) is 0. The van der Waals surface area contributed by atoms with Crippen molar-refractivity contribution >= 4 is 6.08 Å². The lowest BCUT2D eigenvalue weighted by atomic mass is 10.0. The van der Waals surface area contributed by atoms with E-state index in [2.05, 4.69) is 6.58 Å². The van der Waals surface area contributed by atoms with Gasteiger partial charge >= 0.3 is 0 Å². The minimum atomic E-state index is -0.0187. The van der Waals surface area contributed by atoms with Gasteiger partial charge in [-0.1, -0.05) is 30.9 Å². The molecule has 2 aliphatic heterocycles. The Morgan fingerprint density at radius 3 is 1.90 bits per heavy atom. The zero-order valence-corrected chi connectivity index (χ0v) is 12.0. The van der Waals surface area contributed by atoms with Gasteiger partial charge < -0.3 is 24.4 Å². The van der Waals surface area contributed by atoms with Crippen LogP contribution in [0.2, 0.25) is 0 Å². The van der Waals surface area contributed by atoms with Gasteiger partial charge in [-0.2, -0.15) is 0 Å². The molecule has 2 saturated heterocycles. The average Bonchev–Trinajstić information content (AvgIpc) is 3.41. The number of aliphatic hydroxyl groups excluding tert-OH is 2. The molecule has 1 aromatic rings. The molecule has 0 amide bonds. The third-order valence-corrected chi connectivity index (χ3v) is 3.24. The zero-order chi connectivity index (χ0) is 15.1. The van der Waals surface area contributed by atoms with E-state index < -0.39 is 0 Å². The Hall–Kier alpha value is -1.24. The normalized spacial score (nSPS) is 22.2. The van der Waals surface area contributed by atoms with E-state index in [1.54, 1.807) is 6.08 Å². The molecule has 0 radical (unpaired) electrons. The first-order valence-corrected chi connectivity index (χ1v) is 7.04. The Bertz CT molecular complexity index is 418. The van der Waals surface area contributed by atoms with Crippen molar-refractivity contribution in [2.75, 3.05) is 26.4 Å². The van der Waals surface area contributed by atoms with Crippen LogP contribution in [0.3, 0.4) is 0 Å². The van der Waals surface area contributed by atoms with Gasteiger partial charge in [0.2, 0.25) is 0 Å². The maximum absolute atomic E-state index is 8.94. The lowest BCUT2D eigenvalue weighted by Gasteiger charge is -2.06. The van der Waals surface area contributed by atoms with Crippen molar-refractivity contribution in [1.29, 1.82) is 0 Å². The van der Waals surface area contributed by atoms with E-state index in [4.69, 9.17) is 24.4 Å². The van der Waals surface area contributed by atoms with Crippen LogP contribution in [0.4, 0.5) is 0 Å². The smallest absolute Gasteiger partial charge is 0.104 e. The Morgan fingerprint density at radius 2 is 1.57 bits per heavy atom. The van der Waals surface area contributed by atoms with Gasteiger partial charge in [-0.25, -0.2) is 0 Å². The highest BCUT2D eigenvalue weighted by Crippen LogP contribution is 2.16. The molecular weight excluding hydrogens is 272 g/mol. The van der Waals surface area contributed by atoms with E-state index in [0.29, 0.717) is 12.2 Å². The van der Waals surface area contributed by atoms with E-state index in [9.17, 15) is 0 Å². The molecule has 2 unspecified atom stereocenters. The van der Waals surface area contributed by atoms with Gasteiger partial charge in [0, 0.05) is 0 Å². The van der Waals surface area contributed by atoms with Crippen molar-refractivity contribution in [3.8, 4) is 0 Å². The summed E-state index contributed by atoms with van der Waals surface area (Å²) < 4.78 is 15.1. The lowest BCUT2D eigenvalue weighted by molar-refractivity contribution is 0.102. The third-order valence-electron chi connectivity index (χ3n) is 3.24. The first kappa shape index (κ1) is 16.1. The lowest BCUT2D eigenvalue weighted by Crippen LogP contribution is -2.06. The van der Waals surface area contributed by atoms with Crippen LogP contribution in [0.15, 0.2) is 24.8 Å². The maximum atomic E-state index is 8.94. The fraction of sp³-hybridized carbons (Fsp3) is 0.500. The summed E-state index contributed by atoms with van der Waals surface area (Å²) in [6.07, 6.45) is 2.43. The van der Waals surface area contributed by atoms with Crippen LogP contribution in [-0.4, -0.2) is 48.8 Å². The topological polar surface area (TPSA) is 74.8 Å². The molecule has 0 spiro atoms. The monoisotopic (exact) mass is 294 g/mol. The quantitative estimate of drug-likeness (QED) is 0.737. The largest absolute Gasteiger partial charge is 0.392 e. The molecule has 0 aliphatic carbocycles. The predicted molar refractivity (Wildman–Crippen MR) is 78.7 cm³/mol. The molecule has 2 fully saturated rings. The maximum Gasteiger partial charge on any atom is 0.104 e. The van der Waals surface area contributed by atoms with E-state index in [0.717, 1.165) is 43.1 Å². The van der Waals surface area contributed by atoms with Crippen molar-refractivity contribution in [2.24, 2.45) is 0 Å². The highest BCUT2D eigenvalue weighted by molar-refractivity contribution is 5.56. The van der Waals surface area contributed by atoms with Crippen LogP contribution in [0, 0.1) is 0 Å². The molecule has 5 nitrogen and oxygen atoms in total. The van der Waals surface area contributed by atoms with Crippen LogP contribution in [-0.2, 0) is 27.4 Å². The minimum Gasteiger partial charge on any atom is -0.392 e. The van der Waals surface area contributed by atoms with Crippen molar-refractivity contribution in [2.45, 2.75) is 25.4 Å². The van der Waals surface area contributed by atoms with Gasteiger partial charge in [0.05, 0.1) is 39.6 Å². The number of epoxide rings is 2. The average molecular weight is 294 g/mol. The molecule has 5 heteroatoms. The Kier molecular flexibility index (Phi) is 6.35. The van der Waals surface area contributed by atoms with E-state index in [-0.39, 0.29) is 13.2 Å². The number of aliphatic hydroxyl groups is 2. The summed E-state index contributed by atoms with van der Waals surface area (Å²) in [5, 5.41) is 17.9. The van der Waals surface area contributed by atoms with Gasteiger partial charge in [-0.3, -0.25) is 0 Å². The second-order valence-corrected chi connectivity index (χ2v) is 4.96. The van der Waals surface area contributed by atoms with Crippen molar-refractivity contribution < 1.29 is 24.4 Å². The van der Waals surface area contributed by atoms with Gasteiger partial charge in [0.1, 0.15) is 12.2 Å². The van der Waals surface area contributed by atoms with Gasteiger partial charge in [0.15, 0.2) is 0 Å². The molecule has 0 aromatic heterocycles. The summed E-state index contributed by atoms with van der Waals surface area (Å²) >= 11 is 0. The number of ether oxygens (including phenoxy) is 3. The number of rotatable bonds is 7. The first-order chi connectivity index (χ1) is 10.3. The van der Waals surface area contributed by atoms with Gasteiger partial charge in [0.25, 0.3) is 0 Å². The standard InChI is InChI=1S/C10H12O2.C6H10O3/c1-2-10-8(6-11)4-3-5-9(10)7-12;1(5-3-8-5)7-2-6-4-9-6/h2-5,11-12H,1,6-7H2;5-6H,1-4H2. The molecule has 116 valence electrons. The molecule has 3 rings (SSSR count). The van der Waals surface area contributed by atoms with Gasteiger partial charge in [-0.15, -0.1) is 0 Å². The summed E-state index contributed by atoms with van der Waals surface area (Å²) in [6, 6.07) is 5.44.